The number of hydrogen-bond acceptors (Lipinski definition) is 6. The van der Waals surface area contributed by atoms with Gasteiger partial charge in [-0.2, -0.15) is 0 Å². The van der Waals surface area contributed by atoms with Gasteiger partial charge in [-0.15, -0.1) is 0 Å². The normalized spacial score (nSPS) is 11.5. The molecule has 0 spiro atoms. The molecule has 0 saturated heterocycles. The van der Waals surface area contributed by atoms with Gasteiger partial charge >= 0.3 is 5.97 Å². The zero-order valence-corrected chi connectivity index (χ0v) is 14.8. The van der Waals surface area contributed by atoms with Gasteiger partial charge in [0, 0.05) is 41.5 Å². The van der Waals surface area contributed by atoms with Crippen LogP contribution in [0.5, 0.6) is 0 Å². The van der Waals surface area contributed by atoms with Crippen molar-refractivity contribution in [1.29, 1.82) is 0 Å². The second-order valence-electron chi connectivity index (χ2n) is 6.78. The Kier molecular flexibility index (Phi) is 5.06. The van der Waals surface area contributed by atoms with E-state index in [1.165, 1.54) is 0 Å². The number of nitrogens with one attached hydrogen (secondary N) is 1. The van der Waals surface area contributed by atoms with Crippen LogP contribution in [0.3, 0.4) is 0 Å². The van der Waals surface area contributed by atoms with Gasteiger partial charge in [0.25, 0.3) is 0 Å². The van der Waals surface area contributed by atoms with Gasteiger partial charge in [-0.25, -0.2) is 9.97 Å². The lowest BCUT2D eigenvalue weighted by Crippen LogP contribution is -2.31. The first-order chi connectivity index (χ1) is 12.4. The highest BCUT2D eigenvalue weighted by Crippen LogP contribution is 2.27. The van der Waals surface area contributed by atoms with Crippen molar-refractivity contribution >= 4 is 22.7 Å². The van der Waals surface area contributed by atoms with Crippen LogP contribution in [-0.2, 0) is 4.79 Å². The molecule has 0 radical (unpaired) electrons. The number of pyridine rings is 2. The molecule has 3 aromatic heterocycles. The number of aliphatic carboxylic acids is 1. The Morgan fingerprint density at radius 1 is 1.12 bits per heavy atom. The molecule has 3 aromatic rings. The van der Waals surface area contributed by atoms with Crippen molar-refractivity contribution in [3.05, 3.63) is 43.0 Å². The summed E-state index contributed by atoms with van der Waals surface area (Å²) < 4.78 is 0. The molecular weight excluding hydrogens is 330 g/mol. The highest BCUT2D eigenvalue weighted by molar-refractivity contribution is 5.90. The van der Waals surface area contributed by atoms with E-state index in [2.05, 4.69) is 20.3 Å². The Balaban J connectivity index is 1.95. The summed E-state index contributed by atoms with van der Waals surface area (Å²) in [5.41, 5.74) is 1.31. The van der Waals surface area contributed by atoms with Crippen LogP contribution in [-0.4, -0.2) is 36.6 Å². The molecule has 0 saturated carbocycles. The first kappa shape index (κ1) is 17.7. The topological polar surface area (TPSA) is 101 Å². The lowest BCUT2D eigenvalue weighted by molar-refractivity contribution is -0.137. The van der Waals surface area contributed by atoms with E-state index in [4.69, 9.17) is 10.1 Å². The Hall–Kier alpha value is -3.09. The number of rotatable bonds is 7. The Bertz CT molecular complexity index is 912. The van der Waals surface area contributed by atoms with E-state index >= 15 is 0 Å². The van der Waals surface area contributed by atoms with Crippen LogP contribution in [0, 0.1) is 0 Å². The van der Waals surface area contributed by atoms with Crippen LogP contribution in [0.1, 0.15) is 33.1 Å². The van der Waals surface area contributed by atoms with Crippen LogP contribution in [0.4, 0.5) is 5.82 Å². The van der Waals surface area contributed by atoms with E-state index in [1.807, 2.05) is 32.0 Å². The molecule has 0 amide bonds. The largest absolute Gasteiger partial charge is 0.481 e. The average molecular weight is 351 g/mol. The van der Waals surface area contributed by atoms with E-state index in [0.29, 0.717) is 24.5 Å². The SMILES string of the molecule is CC(C)(CCCC(=O)O)Nc1nc(-c2ccncc2)nc2cnccc12. The third kappa shape index (κ3) is 4.30. The summed E-state index contributed by atoms with van der Waals surface area (Å²) >= 11 is 0. The maximum Gasteiger partial charge on any atom is 0.303 e. The average Bonchev–Trinajstić information content (AvgIpc) is 2.61. The van der Waals surface area contributed by atoms with Crippen molar-refractivity contribution < 1.29 is 9.90 Å². The van der Waals surface area contributed by atoms with Gasteiger partial charge in [0.1, 0.15) is 5.82 Å². The second kappa shape index (κ2) is 7.43. The first-order valence-electron chi connectivity index (χ1n) is 8.47. The smallest absolute Gasteiger partial charge is 0.303 e. The van der Waals surface area contributed by atoms with E-state index < -0.39 is 5.97 Å². The van der Waals surface area contributed by atoms with Crippen molar-refractivity contribution in [3.63, 3.8) is 0 Å². The van der Waals surface area contributed by atoms with E-state index in [0.717, 1.165) is 16.5 Å². The van der Waals surface area contributed by atoms with E-state index in [9.17, 15) is 4.79 Å². The summed E-state index contributed by atoms with van der Waals surface area (Å²) in [5, 5.41) is 13.2. The Morgan fingerprint density at radius 2 is 1.85 bits per heavy atom. The minimum atomic E-state index is -0.778. The minimum absolute atomic E-state index is 0.155. The number of carboxylic acids is 1. The van der Waals surface area contributed by atoms with Gasteiger partial charge in [0.05, 0.1) is 11.7 Å². The Labute approximate surface area is 151 Å². The first-order valence-corrected chi connectivity index (χ1v) is 8.47. The highest BCUT2D eigenvalue weighted by Gasteiger charge is 2.20. The molecule has 2 N–H and O–H groups in total. The molecule has 7 nitrogen and oxygen atoms in total. The molecule has 0 fully saturated rings. The van der Waals surface area contributed by atoms with E-state index in [1.54, 1.807) is 24.8 Å². The van der Waals surface area contributed by atoms with Gasteiger partial charge < -0.3 is 10.4 Å². The molecule has 0 unspecified atom stereocenters. The summed E-state index contributed by atoms with van der Waals surface area (Å²) in [7, 11) is 0. The zero-order valence-electron chi connectivity index (χ0n) is 14.8. The van der Waals surface area contributed by atoms with Crippen LogP contribution < -0.4 is 5.32 Å². The molecule has 0 bridgehead atoms. The summed E-state index contributed by atoms with van der Waals surface area (Å²) in [4.78, 5) is 28.3. The number of nitrogens with zero attached hydrogens (tertiary/aromatic N) is 4. The molecule has 0 aromatic carbocycles. The van der Waals surface area contributed by atoms with E-state index in [-0.39, 0.29) is 12.0 Å². The number of anilines is 1. The van der Waals surface area contributed by atoms with Gasteiger partial charge in [-0.05, 0) is 44.9 Å². The Morgan fingerprint density at radius 3 is 2.58 bits per heavy atom. The van der Waals surface area contributed by atoms with Crippen molar-refractivity contribution in [3.8, 4) is 11.4 Å². The number of aromatic nitrogens is 4. The maximum absolute atomic E-state index is 10.8. The van der Waals surface area contributed by atoms with Crippen molar-refractivity contribution in [2.45, 2.75) is 38.6 Å². The summed E-state index contributed by atoms with van der Waals surface area (Å²) in [5.74, 6) is 0.528. The van der Waals surface area contributed by atoms with Crippen LogP contribution in [0.2, 0.25) is 0 Å². The quantitative estimate of drug-likeness (QED) is 0.671. The summed E-state index contributed by atoms with van der Waals surface area (Å²) in [6.45, 7) is 4.08. The molecule has 0 aliphatic carbocycles. The molecule has 7 heteroatoms. The third-order valence-electron chi connectivity index (χ3n) is 4.09. The number of fused-ring (bicyclic) bond motifs is 1. The molecule has 0 aliphatic heterocycles. The monoisotopic (exact) mass is 351 g/mol. The van der Waals surface area contributed by atoms with Crippen molar-refractivity contribution in [2.24, 2.45) is 0 Å². The molecule has 0 atom stereocenters. The molecule has 3 heterocycles. The number of hydrogen-bond donors (Lipinski definition) is 2. The zero-order chi connectivity index (χ0) is 18.6. The predicted molar refractivity (Wildman–Crippen MR) is 99.8 cm³/mol. The molecular formula is C19H21N5O2. The molecule has 3 rings (SSSR count). The number of carboxylic acid groups (broad SMARTS) is 1. The third-order valence-corrected chi connectivity index (χ3v) is 4.09. The van der Waals surface area contributed by atoms with Gasteiger partial charge in [-0.1, -0.05) is 0 Å². The van der Waals surface area contributed by atoms with Crippen LogP contribution >= 0.6 is 0 Å². The molecule has 26 heavy (non-hydrogen) atoms. The standard InChI is InChI=1S/C19H21N5O2/c1-19(2,8-3-4-16(25)26)24-18-14-7-11-21-12-15(14)22-17(23-18)13-5-9-20-10-6-13/h5-7,9-12H,3-4,8H2,1-2H3,(H,25,26)(H,22,23,24). The lowest BCUT2D eigenvalue weighted by Gasteiger charge is -2.27. The van der Waals surface area contributed by atoms with Gasteiger partial charge in [0.2, 0.25) is 0 Å². The van der Waals surface area contributed by atoms with Gasteiger partial charge in [0.15, 0.2) is 5.82 Å². The van der Waals surface area contributed by atoms with Crippen molar-refractivity contribution in [1.82, 2.24) is 19.9 Å². The summed E-state index contributed by atoms with van der Waals surface area (Å²) in [6, 6.07) is 5.60. The maximum atomic E-state index is 10.8. The molecule has 134 valence electrons. The minimum Gasteiger partial charge on any atom is -0.481 e. The van der Waals surface area contributed by atoms with Crippen molar-refractivity contribution in [2.75, 3.05) is 5.32 Å². The lowest BCUT2D eigenvalue weighted by atomic mass is 9.97. The fourth-order valence-electron chi connectivity index (χ4n) is 2.77. The second-order valence-corrected chi connectivity index (χ2v) is 6.78. The van der Waals surface area contributed by atoms with Crippen LogP contribution in [0.15, 0.2) is 43.0 Å². The fraction of sp³-hybridized carbons (Fsp3) is 0.316. The summed E-state index contributed by atoms with van der Waals surface area (Å²) in [6.07, 6.45) is 8.29. The fourth-order valence-corrected chi connectivity index (χ4v) is 2.77. The van der Waals surface area contributed by atoms with Gasteiger partial charge in [-0.3, -0.25) is 14.8 Å². The predicted octanol–water partition coefficient (Wildman–Crippen LogP) is 3.53. The number of carbonyl (C=O) groups is 1. The van der Waals surface area contributed by atoms with Crippen LogP contribution in [0.25, 0.3) is 22.3 Å². The molecule has 0 aliphatic rings. The highest BCUT2D eigenvalue weighted by atomic mass is 16.4.